The number of rotatable bonds is 5. The number of amides is 1. The van der Waals surface area contributed by atoms with Crippen LogP contribution in [0.5, 0.6) is 0 Å². The molecule has 0 radical (unpaired) electrons. The molecule has 1 heterocycles. The highest BCUT2D eigenvalue weighted by Gasteiger charge is 2.08. The molecule has 1 amide bonds. The summed E-state index contributed by atoms with van der Waals surface area (Å²) in [4.78, 5) is 17.8. The van der Waals surface area contributed by atoms with E-state index >= 15 is 0 Å². The predicted molar refractivity (Wildman–Crippen MR) is 126 cm³/mol. The van der Waals surface area contributed by atoms with Crippen LogP contribution in [0.1, 0.15) is 32.6 Å². The molecule has 3 aromatic rings. The van der Waals surface area contributed by atoms with E-state index in [1.54, 1.807) is 18.3 Å². The summed E-state index contributed by atoms with van der Waals surface area (Å²) in [6.45, 7) is 9.31. The smallest absolute Gasteiger partial charge is 0.252 e. The van der Waals surface area contributed by atoms with E-state index in [2.05, 4.69) is 87.0 Å². The van der Waals surface area contributed by atoms with Gasteiger partial charge in [0.1, 0.15) is 0 Å². The molecule has 2 aromatic carbocycles. The SMILES string of the molecule is Cc1cccc(C)c1Sc1c(C)cccc1C.O=C(NCCS)c1cccnc1. The molecule has 0 bridgehead atoms. The summed E-state index contributed by atoms with van der Waals surface area (Å²) in [5.41, 5.74) is 6.02. The zero-order valence-corrected chi connectivity index (χ0v) is 19.1. The number of nitrogens with one attached hydrogen (secondary N) is 1. The van der Waals surface area contributed by atoms with Crippen LogP contribution in [0.25, 0.3) is 0 Å². The summed E-state index contributed by atoms with van der Waals surface area (Å²) < 4.78 is 0. The summed E-state index contributed by atoms with van der Waals surface area (Å²) in [7, 11) is 0. The van der Waals surface area contributed by atoms with Crippen LogP contribution >= 0.6 is 24.4 Å². The fourth-order valence-corrected chi connectivity index (χ4v) is 4.02. The summed E-state index contributed by atoms with van der Waals surface area (Å²) in [6.07, 6.45) is 3.17. The van der Waals surface area contributed by atoms with E-state index in [1.165, 1.54) is 38.2 Å². The maximum absolute atomic E-state index is 11.2. The van der Waals surface area contributed by atoms with Gasteiger partial charge in [-0.1, -0.05) is 48.2 Å². The van der Waals surface area contributed by atoms with Crippen LogP contribution in [0.15, 0.2) is 70.7 Å². The normalized spacial score (nSPS) is 10.1. The van der Waals surface area contributed by atoms with Gasteiger partial charge >= 0.3 is 0 Å². The number of hydrogen-bond donors (Lipinski definition) is 2. The first-order valence-electron chi connectivity index (χ1n) is 9.53. The van der Waals surface area contributed by atoms with Crippen LogP contribution in [0.4, 0.5) is 0 Å². The molecule has 29 heavy (non-hydrogen) atoms. The molecule has 0 aliphatic carbocycles. The number of aromatic nitrogens is 1. The van der Waals surface area contributed by atoms with E-state index in [9.17, 15) is 4.79 Å². The molecule has 0 aliphatic rings. The van der Waals surface area contributed by atoms with E-state index in [0.717, 1.165) is 0 Å². The Balaban J connectivity index is 0.000000221. The van der Waals surface area contributed by atoms with Crippen LogP contribution in [-0.2, 0) is 0 Å². The van der Waals surface area contributed by atoms with Gasteiger partial charge in [0.15, 0.2) is 0 Å². The molecule has 0 atom stereocenters. The largest absolute Gasteiger partial charge is 0.351 e. The Morgan fingerprint density at radius 1 is 0.897 bits per heavy atom. The van der Waals surface area contributed by atoms with E-state index in [1.807, 2.05) is 11.8 Å². The maximum atomic E-state index is 11.2. The predicted octanol–water partition coefficient (Wildman–Crippen LogP) is 5.81. The van der Waals surface area contributed by atoms with E-state index in [-0.39, 0.29) is 5.91 Å². The number of thiol groups is 1. The van der Waals surface area contributed by atoms with Gasteiger partial charge in [-0.3, -0.25) is 9.78 Å². The molecule has 1 aromatic heterocycles. The third-order valence-electron chi connectivity index (χ3n) is 4.34. The monoisotopic (exact) mass is 424 g/mol. The second-order valence-corrected chi connectivity index (χ2v) is 8.23. The van der Waals surface area contributed by atoms with Crippen molar-refractivity contribution in [2.45, 2.75) is 37.5 Å². The third kappa shape index (κ3) is 6.94. The number of benzene rings is 2. The number of nitrogens with zero attached hydrogens (tertiary/aromatic N) is 1. The van der Waals surface area contributed by atoms with Gasteiger partial charge in [-0.05, 0) is 62.1 Å². The van der Waals surface area contributed by atoms with Crippen molar-refractivity contribution in [3.8, 4) is 0 Å². The number of pyridine rings is 1. The van der Waals surface area contributed by atoms with Gasteiger partial charge in [0.2, 0.25) is 0 Å². The minimum Gasteiger partial charge on any atom is -0.351 e. The van der Waals surface area contributed by atoms with E-state index in [4.69, 9.17) is 0 Å². The van der Waals surface area contributed by atoms with Crippen molar-refractivity contribution >= 4 is 30.3 Å². The summed E-state index contributed by atoms with van der Waals surface area (Å²) in [6, 6.07) is 16.4. The highest BCUT2D eigenvalue weighted by Crippen LogP contribution is 2.36. The minimum absolute atomic E-state index is 0.0999. The van der Waals surface area contributed by atoms with Crippen molar-refractivity contribution in [3.63, 3.8) is 0 Å². The molecule has 0 saturated heterocycles. The van der Waals surface area contributed by atoms with Crippen LogP contribution in [-0.4, -0.2) is 23.2 Å². The first-order valence-corrected chi connectivity index (χ1v) is 11.0. The summed E-state index contributed by atoms with van der Waals surface area (Å²) >= 11 is 5.87. The molecule has 0 unspecified atom stereocenters. The molecule has 0 saturated carbocycles. The zero-order valence-electron chi connectivity index (χ0n) is 17.4. The van der Waals surface area contributed by atoms with Crippen molar-refractivity contribution in [3.05, 3.63) is 88.7 Å². The number of hydrogen-bond acceptors (Lipinski definition) is 4. The second kappa shape index (κ2) is 11.7. The topological polar surface area (TPSA) is 42.0 Å². The van der Waals surface area contributed by atoms with E-state index < -0.39 is 0 Å². The minimum atomic E-state index is -0.0999. The lowest BCUT2D eigenvalue weighted by molar-refractivity contribution is 0.0956. The highest BCUT2D eigenvalue weighted by atomic mass is 32.2. The maximum Gasteiger partial charge on any atom is 0.252 e. The van der Waals surface area contributed by atoms with Crippen molar-refractivity contribution in [2.75, 3.05) is 12.3 Å². The molecule has 0 spiro atoms. The van der Waals surface area contributed by atoms with Crippen molar-refractivity contribution in [2.24, 2.45) is 0 Å². The highest BCUT2D eigenvalue weighted by molar-refractivity contribution is 7.99. The van der Waals surface area contributed by atoms with E-state index in [0.29, 0.717) is 17.9 Å². The number of aryl methyl sites for hydroxylation is 4. The first-order chi connectivity index (χ1) is 13.9. The van der Waals surface area contributed by atoms with Crippen LogP contribution in [0.3, 0.4) is 0 Å². The second-order valence-electron chi connectivity index (χ2n) is 6.77. The van der Waals surface area contributed by atoms with Crippen LogP contribution in [0.2, 0.25) is 0 Å². The average molecular weight is 425 g/mol. The fraction of sp³-hybridized carbons (Fsp3) is 0.250. The lowest BCUT2D eigenvalue weighted by Gasteiger charge is -2.13. The van der Waals surface area contributed by atoms with Crippen LogP contribution < -0.4 is 5.32 Å². The molecule has 5 heteroatoms. The number of carbonyl (C=O) groups excluding carboxylic acids is 1. The molecule has 152 valence electrons. The average Bonchev–Trinajstić information content (AvgIpc) is 2.72. The number of carbonyl (C=O) groups is 1. The lowest BCUT2D eigenvalue weighted by atomic mass is 10.1. The molecule has 3 nitrogen and oxygen atoms in total. The van der Waals surface area contributed by atoms with Crippen molar-refractivity contribution < 1.29 is 4.79 Å². The summed E-state index contributed by atoms with van der Waals surface area (Å²) in [5.74, 6) is 0.545. The fourth-order valence-electron chi connectivity index (χ4n) is 2.79. The molecule has 0 fully saturated rings. The van der Waals surface area contributed by atoms with Gasteiger partial charge < -0.3 is 5.32 Å². The Morgan fingerprint density at radius 3 is 1.83 bits per heavy atom. The summed E-state index contributed by atoms with van der Waals surface area (Å²) in [5, 5.41) is 2.69. The Labute approximate surface area is 183 Å². The molecular formula is C24H28N2OS2. The molecule has 0 aliphatic heterocycles. The van der Waals surface area contributed by atoms with Crippen LogP contribution in [0, 0.1) is 27.7 Å². The Bertz CT molecular complexity index is 853. The lowest BCUT2D eigenvalue weighted by Crippen LogP contribution is -2.25. The Kier molecular flexibility index (Phi) is 9.29. The Hall–Kier alpha value is -2.24. The zero-order chi connectivity index (χ0) is 21.2. The van der Waals surface area contributed by atoms with Gasteiger partial charge in [0.25, 0.3) is 5.91 Å². The molecule has 3 rings (SSSR count). The molecule has 1 N–H and O–H groups in total. The van der Waals surface area contributed by atoms with Gasteiger partial charge in [0.05, 0.1) is 5.56 Å². The van der Waals surface area contributed by atoms with Gasteiger partial charge in [0, 0.05) is 34.5 Å². The third-order valence-corrected chi connectivity index (χ3v) is 6.26. The van der Waals surface area contributed by atoms with Crippen molar-refractivity contribution in [1.82, 2.24) is 10.3 Å². The van der Waals surface area contributed by atoms with Crippen molar-refractivity contribution in [1.29, 1.82) is 0 Å². The molecular weight excluding hydrogens is 396 g/mol. The first kappa shape index (κ1) is 23.0. The quantitative estimate of drug-likeness (QED) is 0.508. The standard InChI is InChI=1S/C16H18S.C8H10N2OS/c1-11-7-5-8-12(2)15(11)17-16-13(3)9-6-10-14(16)4;11-8(10-4-5-12)7-2-1-3-9-6-7/h5-10H,1-4H3;1-3,6,12H,4-5H2,(H,10,11). The van der Waals surface area contributed by atoms with Gasteiger partial charge in [-0.2, -0.15) is 12.6 Å². The van der Waals surface area contributed by atoms with Gasteiger partial charge in [-0.15, -0.1) is 0 Å². The van der Waals surface area contributed by atoms with Gasteiger partial charge in [-0.25, -0.2) is 0 Å². The Morgan fingerprint density at radius 2 is 1.41 bits per heavy atom.